The van der Waals surface area contributed by atoms with Crippen LogP contribution in [0.1, 0.15) is 25.3 Å². The Morgan fingerprint density at radius 3 is 2.70 bits per heavy atom. The lowest BCUT2D eigenvalue weighted by molar-refractivity contribution is -0.121. The van der Waals surface area contributed by atoms with Crippen LogP contribution in [0.5, 0.6) is 0 Å². The maximum atomic E-state index is 13.1. The summed E-state index contributed by atoms with van der Waals surface area (Å²) in [5, 5.41) is 0. The molecule has 6 heteroatoms. The van der Waals surface area contributed by atoms with Crippen molar-refractivity contribution in [3.05, 3.63) is 29.6 Å². The first kappa shape index (κ1) is 15.1. The molecular formula is C14H18FNO3S. The number of carbonyl (C=O) groups is 1. The topological polar surface area (TPSA) is 54.5 Å². The van der Waals surface area contributed by atoms with Crippen LogP contribution in [0.4, 0.5) is 4.39 Å². The van der Waals surface area contributed by atoms with Gasteiger partial charge in [0, 0.05) is 19.0 Å². The Bertz CT molecular complexity index is 627. The molecule has 0 aromatic heterocycles. The minimum absolute atomic E-state index is 0.0146. The number of carbonyl (C=O) groups excluding carboxylic acids is 1. The molecule has 1 fully saturated rings. The summed E-state index contributed by atoms with van der Waals surface area (Å²) in [5.74, 6) is -0.679. The summed E-state index contributed by atoms with van der Waals surface area (Å²) in [4.78, 5) is 11.6. The Balaban J connectivity index is 2.32. The van der Waals surface area contributed by atoms with Crippen molar-refractivity contribution >= 4 is 15.8 Å². The van der Waals surface area contributed by atoms with Crippen LogP contribution in [0, 0.1) is 18.7 Å². The highest BCUT2D eigenvalue weighted by Crippen LogP contribution is 2.26. The number of nitrogens with zero attached hydrogens (tertiary/aromatic N) is 1. The van der Waals surface area contributed by atoms with Crippen LogP contribution in [0.15, 0.2) is 23.1 Å². The van der Waals surface area contributed by atoms with Crippen LogP contribution >= 0.6 is 0 Å². The van der Waals surface area contributed by atoms with Crippen molar-refractivity contribution in [2.24, 2.45) is 5.92 Å². The molecule has 1 aromatic carbocycles. The summed E-state index contributed by atoms with van der Waals surface area (Å²) in [5.41, 5.74) is 0.384. The molecule has 0 radical (unpaired) electrons. The molecule has 0 N–H and O–H groups in total. The maximum absolute atomic E-state index is 13.1. The van der Waals surface area contributed by atoms with Gasteiger partial charge in [0.15, 0.2) is 0 Å². The van der Waals surface area contributed by atoms with Gasteiger partial charge in [0.2, 0.25) is 10.0 Å². The van der Waals surface area contributed by atoms with Crippen molar-refractivity contribution in [2.45, 2.75) is 31.6 Å². The molecule has 0 bridgehead atoms. The van der Waals surface area contributed by atoms with Crippen LogP contribution in [-0.2, 0) is 14.8 Å². The summed E-state index contributed by atoms with van der Waals surface area (Å²) in [7, 11) is -3.66. The zero-order chi connectivity index (χ0) is 14.9. The van der Waals surface area contributed by atoms with Crippen molar-refractivity contribution in [1.29, 1.82) is 0 Å². The zero-order valence-corrected chi connectivity index (χ0v) is 12.4. The van der Waals surface area contributed by atoms with Crippen molar-refractivity contribution in [3.8, 4) is 0 Å². The molecule has 1 aliphatic heterocycles. The second kappa shape index (κ2) is 5.61. The van der Waals surface area contributed by atoms with Crippen LogP contribution in [-0.4, -0.2) is 31.6 Å². The van der Waals surface area contributed by atoms with Gasteiger partial charge in [0.1, 0.15) is 11.6 Å². The van der Waals surface area contributed by atoms with E-state index in [1.165, 1.54) is 23.4 Å². The fourth-order valence-corrected chi connectivity index (χ4v) is 4.26. The quantitative estimate of drug-likeness (QED) is 0.859. The molecule has 0 aliphatic carbocycles. The number of hydrogen-bond acceptors (Lipinski definition) is 3. The monoisotopic (exact) mass is 299 g/mol. The Kier molecular flexibility index (Phi) is 4.25. The lowest BCUT2D eigenvalue weighted by Gasteiger charge is -2.31. The van der Waals surface area contributed by atoms with Crippen molar-refractivity contribution in [1.82, 2.24) is 4.31 Å². The molecule has 0 saturated carbocycles. The van der Waals surface area contributed by atoms with E-state index in [2.05, 4.69) is 0 Å². The molecule has 1 unspecified atom stereocenters. The smallest absolute Gasteiger partial charge is 0.243 e. The summed E-state index contributed by atoms with van der Waals surface area (Å²) in [6, 6.07) is 3.64. The molecule has 1 aromatic rings. The van der Waals surface area contributed by atoms with Gasteiger partial charge in [-0.2, -0.15) is 4.31 Å². The minimum Gasteiger partial charge on any atom is -0.300 e. The number of rotatable bonds is 3. The standard InChI is InChI=1S/C14H18FNO3S/c1-10-8-13(15)5-6-14(10)20(18,19)16-7-3-4-12(9-16)11(2)17/h5-6,8,12H,3-4,7,9H2,1-2H3. The van der Waals surface area contributed by atoms with Gasteiger partial charge in [0.05, 0.1) is 4.90 Å². The maximum Gasteiger partial charge on any atom is 0.243 e. The zero-order valence-electron chi connectivity index (χ0n) is 11.6. The van der Waals surface area contributed by atoms with Gasteiger partial charge < -0.3 is 0 Å². The highest BCUT2D eigenvalue weighted by molar-refractivity contribution is 7.89. The Labute approximate surface area is 118 Å². The summed E-state index contributed by atoms with van der Waals surface area (Å²) < 4.78 is 39.6. The molecule has 20 heavy (non-hydrogen) atoms. The van der Waals surface area contributed by atoms with E-state index < -0.39 is 15.8 Å². The van der Waals surface area contributed by atoms with Gasteiger partial charge in [-0.25, -0.2) is 12.8 Å². The van der Waals surface area contributed by atoms with Crippen LogP contribution in [0.25, 0.3) is 0 Å². The third kappa shape index (κ3) is 2.91. The van der Waals surface area contributed by atoms with Gasteiger partial charge in [-0.3, -0.25) is 4.79 Å². The second-order valence-corrected chi connectivity index (χ2v) is 7.13. The molecule has 1 heterocycles. The largest absolute Gasteiger partial charge is 0.300 e. The average Bonchev–Trinajstić information content (AvgIpc) is 2.38. The molecule has 1 aliphatic rings. The fourth-order valence-electron chi connectivity index (χ4n) is 2.53. The van der Waals surface area contributed by atoms with E-state index in [0.29, 0.717) is 18.5 Å². The van der Waals surface area contributed by atoms with E-state index in [-0.39, 0.29) is 23.1 Å². The number of aryl methyl sites for hydroxylation is 1. The van der Waals surface area contributed by atoms with E-state index in [0.717, 1.165) is 12.5 Å². The summed E-state index contributed by atoms with van der Waals surface area (Å²) >= 11 is 0. The highest BCUT2D eigenvalue weighted by atomic mass is 32.2. The number of hydrogen-bond donors (Lipinski definition) is 0. The van der Waals surface area contributed by atoms with Gasteiger partial charge in [-0.15, -0.1) is 0 Å². The van der Waals surface area contributed by atoms with Crippen molar-refractivity contribution < 1.29 is 17.6 Å². The van der Waals surface area contributed by atoms with Gasteiger partial charge in [-0.1, -0.05) is 0 Å². The third-order valence-corrected chi connectivity index (χ3v) is 5.74. The molecule has 0 amide bonds. The van der Waals surface area contributed by atoms with E-state index in [4.69, 9.17) is 0 Å². The Hall–Kier alpha value is -1.27. The number of piperidine rings is 1. The molecule has 1 atom stereocenters. The summed E-state index contributed by atoms with van der Waals surface area (Å²) in [6.45, 7) is 3.68. The number of benzene rings is 1. The van der Waals surface area contributed by atoms with Gasteiger partial charge in [0.25, 0.3) is 0 Å². The molecule has 0 spiro atoms. The first-order chi connectivity index (χ1) is 9.32. The van der Waals surface area contributed by atoms with Crippen molar-refractivity contribution in [2.75, 3.05) is 13.1 Å². The van der Waals surface area contributed by atoms with Crippen molar-refractivity contribution in [3.63, 3.8) is 0 Å². The number of Topliss-reactive ketones (excluding diaryl/α,β-unsaturated/α-hetero) is 1. The van der Waals surface area contributed by atoms with E-state index in [1.807, 2.05) is 0 Å². The number of halogens is 1. The number of sulfonamides is 1. The third-order valence-electron chi connectivity index (χ3n) is 3.71. The van der Waals surface area contributed by atoms with Gasteiger partial charge >= 0.3 is 0 Å². The number of ketones is 1. The first-order valence-electron chi connectivity index (χ1n) is 6.59. The molecule has 110 valence electrons. The van der Waals surface area contributed by atoms with Crippen LogP contribution < -0.4 is 0 Å². The molecule has 2 rings (SSSR count). The molecule has 1 saturated heterocycles. The van der Waals surface area contributed by atoms with E-state index in [1.54, 1.807) is 6.92 Å². The Morgan fingerprint density at radius 1 is 1.40 bits per heavy atom. The minimum atomic E-state index is -3.66. The van der Waals surface area contributed by atoms with Crippen LogP contribution in [0.2, 0.25) is 0 Å². The predicted molar refractivity (Wildman–Crippen MR) is 73.3 cm³/mol. The fraction of sp³-hybridized carbons (Fsp3) is 0.500. The molecule has 4 nitrogen and oxygen atoms in total. The average molecular weight is 299 g/mol. The van der Waals surface area contributed by atoms with Crippen LogP contribution in [0.3, 0.4) is 0 Å². The normalized spacial score (nSPS) is 20.9. The Morgan fingerprint density at radius 2 is 2.10 bits per heavy atom. The van der Waals surface area contributed by atoms with E-state index in [9.17, 15) is 17.6 Å². The lowest BCUT2D eigenvalue weighted by atomic mass is 9.96. The molecular weight excluding hydrogens is 281 g/mol. The summed E-state index contributed by atoms with van der Waals surface area (Å²) in [6.07, 6.45) is 1.40. The van der Waals surface area contributed by atoms with E-state index >= 15 is 0 Å². The SMILES string of the molecule is CC(=O)C1CCCN(S(=O)(=O)c2ccc(F)cc2C)C1. The lowest BCUT2D eigenvalue weighted by Crippen LogP contribution is -2.42. The first-order valence-corrected chi connectivity index (χ1v) is 8.03. The predicted octanol–water partition coefficient (Wildman–Crippen LogP) is 2.12. The highest BCUT2D eigenvalue weighted by Gasteiger charge is 2.32. The second-order valence-electron chi connectivity index (χ2n) is 5.22. The van der Waals surface area contributed by atoms with Gasteiger partial charge in [-0.05, 0) is 50.5 Å².